The minimum atomic E-state index is -2.26. The summed E-state index contributed by atoms with van der Waals surface area (Å²) in [6, 6.07) is 4.42. The van der Waals surface area contributed by atoms with Gasteiger partial charge in [0.05, 0.1) is 5.39 Å². The van der Waals surface area contributed by atoms with Gasteiger partial charge in [-0.05, 0) is 41.8 Å². The lowest BCUT2D eigenvalue weighted by molar-refractivity contribution is 0.366. The second-order valence-electron chi connectivity index (χ2n) is 6.86. The zero-order valence-corrected chi connectivity index (χ0v) is 16.4. The van der Waals surface area contributed by atoms with Gasteiger partial charge in [0.1, 0.15) is 23.2 Å². The van der Waals surface area contributed by atoms with Gasteiger partial charge in [-0.3, -0.25) is 0 Å². The quantitative estimate of drug-likeness (QED) is 0.151. The van der Waals surface area contributed by atoms with Gasteiger partial charge in [0, 0.05) is 11.5 Å². The summed E-state index contributed by atoms with van der Waals surface area (Å²) in [6.45, 7) is 0. The molecule has 0 amide bonds. The highest BCUT2D eigenvalue weighted by molar-refractivity contribution is 6.65. The Morgan fingerprint density at radius 2 is 1.15 bits per heavy atom. The van der Waals surface area contributed by atoms with Crippen LogP contribution in [-0.4, -0.2) is 7.12 Å². The number of rotatable bonds is 5. The van der Waals surface area contributed by atoms with Crippen LogP contribution in [0, 0.1) is 52.4 Å². The van der Waals surface area contributed by atoms with Crippen molar-refractivity contribution in [3.05, 3.63) is 101 Å². The van der Waals surface area contributed by atoms with E-state index >= 15 is 0 Å². The summed E-state index contributed by atoms with van der Waals surface area (Å²) < 4.78 is 136. The van der Waals surface area contributed by atoms with Gasteiger partial charge in [-0.2, -0.15) is 8.78 Å². The third kappa shape index (κ3) is 4.11. The smallest absolute Gasteiger partial charge is 0.520 e. The molecule has 0 radical (unpaired) electrons. The van der Waals surface area contributed by atoms with Crippen molar-refractivity contribution < 1.29 is 48.8 Å². The van der Waals surface area contributed by atoms with Gasteiger partial charge < -0.3 is 9.31 Å². The van der Waals surface area contributed by atoms with Crippen molar-refractivity contribution in [1.29, 1.82) is 0 Å². The Labute approximate surface area is 185 Å². The van der Waals surface area contributed by atoms with Crippen molar-refractivity contribution >= 4 is 23.4 Å². The lowest BCUT2D eigenvalue weighted by Gasteiger charge is -2.20. The van der Waals surface area contributed by atoms with Gasteiger partial charge in [0.25, 0.3) is 0 Å². The van der Waals surface area contributed by atoms with Crippen molar-refractivity contribution in [3.8, 4) is 11.5 Å². The van der Waals surface area contributed by atoms with Crippen LogP contribution < -0.4 is 14.8 Å². The predicted molar refractivity (Wildman–Crippen MR) is 103 cm³/mol. The van der Waals surface area contributed by atoms with Gasteiger partial charge in [-0.15, -0.1) is 0 Å². The molecular formula is C22H8BF9O2. The van der Waals surface area contributed by atoms with Crippen LogP contribution >= 0.6 is 0 Å². The van der Waals surface area contributed by atoms with Crippen LogP contribution in [0.2, 0.25) is 0 Å². The first-order valence-electron chi connectivity index (χ1n) is 9.26. The molecule has 34 heavy (non-hydrogen) atoms. The van der Waals surface area contributed by atoms with Crippen LogP contribution in [0.25, 0.3) is 10.8 Å². The lowest BCUT2D eigenvalue weighted by Crippen LogP contribution is -2.44. The molecule has 0 N–H and O–H groups in total. The van der Waals surface area contributed by atoms with Crippen molar-refractivity contribution in [2.75, 3.05) is 0 Å². The molecule has 4 aromatic carbocycles. The van der Waals surface area contributed by atoms with Gasteiger partial charge in [0.15, 0.2) is 29.0 Å². The number of benzene rings is 4. The average Bonchev–Trinajstić information content (AvgIpc) is 2.78. The highest BCUT2D eigenvalue weighted by Crippen LogP contribution is 2.28. The summed E-state index contributed by atoms with van der Waals surface area (Å²) in [5.74, 6) is -16.5. The van der Waals surface area contributed by atoms with Gasteiger partial charge in [-0.25, -0.2) is 30.7 Å². The van der Waals surface area contributed by atoms with E-state index in [0.717, 1.165) is 6.07 Å². The van der Waals surface area contributed by atoms with Crippen LogP contribution in [0.3, 0.4) is 0 Å². The number of fused-ring (bicyclic) bond motifs is 1. The molecule has 0 aliphatic rings. The van der Waals surface area contributed by atoms with Gasteiger partial charge in [0.2, 0.25) is 11.6 Å². The standard InChI is InChI=1S/C22H8BF9O2/c24-9-7-10-11(1-2-12(25)18(10)16(29)8-9)23(33-17-6-5-13(26)19(30)21(17)32)34-22-15(28)4-3-14(27)20(22)31/h1-8H. The lowest BCUT2D eigenvalue weighted by atomic mass is 9.75. The molecule has 0 saturated carbocycles. The minimum absolute atomic E-state index is 0.354. The highest BCUT2D eigenvalue weighted by Gasteiger charge is 2.34. The molecule has 4 aromatic rings. The van der Waals surface area contributed by atoms with E-state index in [4.69, 9.17) is 9.31 Å². The summed E-state index contributed by atoms with van der Waals surface area (Å²) in [4.78, 5) is 0. The second kappa shape index (κ2) is 8.84. The van der Waals surface area contributed by atoms with Crippen molar-refractivity contribution in [2.24, 2.45) is 0 Å². The van der Waals surface area contributed by atoms with Crippen LogP contribution in [0.15, 0.2) is 48.5 Å². The van der Waals surface area contributed by atoms with Crippen molar-refractivity contribution in [2.45, 2.75) is 0 Å². The Morgan fingerprint density at radius 3 is 1.88 bits per heavy atom. The molecular weight excluding hydrogens is 478 g/mol. The SMILES string of the molecule is Fc1cc(F)c2c(F)ccc(B(Oc3ccc(F)c(F)c3F)Oc3c(F)ccc(F)c3F)c2c1. The van der Waals surface area contributed by atoms with Crippen LogP contribution in [0.4, 0.5) is 39.5 Å². The molecule has 0 heterocycles. The topological polar surface area (TPSA) is 18.5 Å². The summed E-state index contributed by atoms with van der Waals surface area (Å²) in [7, 11) is -2.26. The maximum absolute atomic E-state index is 14.3. The molecule has 174 valence electrons. The second-order valence-corrected chi connectivity index (χ2v) is 6.86. The van der Waals surface area contributed by atoms with E-state index in [1.54, 1.807) is 0 Å². The van der Waals surface area contributed by atoms with E-state index in [1.807, 2.05) is 0 Å². The molecule has 0 saturated heterocycles. The Morgan fingerprint density at radius 1 is 0.529 bits per heavy atom. The normalized spacial score (nSPS) is 11.1. The fraction of sp³-hybridized carbons (Fsp3) is 0. The first-order chi connectivity index (χ1) is 16.1. The summed E-state index contributed by atoms with van der Waals surface area (Å²) in [6.07, 6.45) is 0. The Bertz CT molecular complexity index is 1430. The van der Waals surface area contributed by atoms with E-state index < -0.39 is 87.2 Å². The molecule has 4 rings (SSSR count). The zero-order chi connectivity index (χ0) is 24.7. The summed E-state index contributed by atoms with van der Waals surface area (Å²) in [5, 5.41) is -1.36. The molecule has 0 aliphatic heterocycles. The molecule has 0 spiro atoms. The molecule has 0 unspecified atom stereocenters. The van der Waals surface area contributed by atoms with Gasteiger partial charge in [-0.1, -0.05) is 6.07 Å². The van der Waals surface area contributed by atoms with E-state index in [2.05, 4.69) is 0 Å². The highest BCUT2D eigenvalue weighted by atomic mass is 19.2. The number of hydrogen-bond acceptors (Lipinski definition) is 2. The monoisotopic (exact) mass is 486 g/mol. The number of hydrogen-bond donors (Lipinski definition) is 0. The van der Waals surface area contributed by atoms with Crippen molar-refractivity contribution in [1.82, 2.24) is 0 Å². The zero-order valence-electron chi connectivity index (χ0n) is 16.4. The third-order valence-electron chi connectivity index (χ3n) is 4.73. The first kappa shape index (κ1) is 23.3. The van der Waals surface area contributed by atoms with Crippen molar-refractivity contribution in [3.63, 3.8) is 0 Å². The summed E-state index contributed by atoms with van der Waals surface area (Å²) in [5.41, 5.74) is -0.512. The average molecular weight is 486 g/mol. The molecule has 0 fully saturated rings. The molecule has 0 atom stereocenters. The fourth-order valence-electron chi connectivity index (χ4n) is 3.17. The Kier molecular flexibility index (Phi) is 6.07. The van der Waals surface area contributed by atoms with Gasteiger partial charge >= 0.3 is 7.12 Å². The molecule has 0 bridgehead atoms. The molecule has 2 nitrogen and oxygen atoms in total. The fourth-order valence-corrected chi connectivity index (χ4v) is 3.17. The Hall–Kier alpha value is -3.83. The Balaban J connectivity index is 1.93. The maximum atomic E-state index is 14.3. The maximum Gasteiger partial charge on any atom is 0.633 e. The van der Waals surface area contributed by atoms with Crippen LogP contribution in [-0.2, 0) is 0 Å². The van der Waals surface area contributed by atoms with E-state index in [-0.39, 0.29) is 0 Å². The minimum Gasteiger partial charge on any atom is -0.520 e. The molecule has 0 aromatic heterocycles. The number of halogens is 9. The van der Waals surface area contributed by atoms with E-state index in [0.29, 0.717) is 42.5 Å². The first-order valence-corrected chi connectivity index (χ1v) is 9.26. The molecule has 12 heteroatoms. The van der Waals surface area contributed by atoms with Crippen LogP contribution in [0.1, 0.15) is 0 Å². The predicted octanol–water partition coefficient (Wildman–Crippen LogP) is 5.94. The third-order valence-corrected chi connectivity index (χ3v) is 4.73. The van der Waals surface area contributed by atoms with E-state index in [1.165, 1.54) is 0 Å². The van der Waals surface area contributed by atoms with Crippen LogP contribution in [0.5, 0.6) is 11.5 Å². The molecule has 0 aliphatic carbocycles. The largest absolute Gasteiger partial charge is 0.633 e. The summed E-state index contributed by atoms with van der Waals surface area (Å²) >= 11 is 0. The van der Waals surface area contributed by atoms with E-state index in [9.17, 15) is 39.5 Å².